The zero-order valence-electron chi connectivity index (χ0n) is 16.7. The van der Waals surface area contributed by atoms with Crippen molar-refractivity contribution in [2.24, 2.45) is 11.0 Å². The van der Waals surface area contributed by atoms with Gasteiger partial charge in [-0.25, -0.2) is 5.01 Å². The van der Waals surface area contributed by atoms with Gasteiger partial charge < -0.3 is 9.64 Å². The van der Waals surface area contributed by atoms with Crippen LogP contribution in [-0.4, -0.2) is 48.1 Å². The maximum atomic E-state index is 13.1. The Bertz CT molecular complexity index is 904. The van der Waals surface area contributed by atoms with Gasteiger partial charge in [0, 0.05) is 19.4 Å². The van der Waals surface area contributed by atoms with E-state index in [1.807, 2.05) is 41.8 Å². The van der Waals surface area contributed by atoms with Crippen molar-refractivity contribution < 1.29 is 14.3 Å². The summed E-state index contributed by atoms with van der Waals surface area (Å²) < 4.78 is 5.25. The maximum Gasteiger partial charge on any atom is 0.262 e. The lowest BCUT2D eigenvalue weighted by Crippen LogP contribution is -2.42. The number of likely N-dealkylation sites (N-methyl/N-ethyl adjacent to an activating group) is 1. The first-order valence-corrected chi connectivity index (χ1v) is 10.8. The highest BCUT2D eigenvalue weighted by atomic mass is 32.1. The van der Waals surface area contributed by atoms with Crippen LogP contribution in [0, 0.1) is 5.92 Å². The van der Waals surface area contributed by atoms with Crippen molar-refractivity contribution in [1.29, 1.82) is 0 Å². The third-order valence-electron chi connectivity index (χ3n) is 5.68. The van der Waals surface area contributed by atoms with Crippen LogP contribution >= 0.6 is 11.3 Å². The minimum Gasteiger partial charge on any atom is -0.497 e. The average molecular weight is 412 g/mol. The molecule has 1 aliphatic heterocycles. The fraction of sp³-hybridized carbons (Fsp3) is 0.409. The Hall–Kier alpha value is -2.67. The maximum absolute atomic E-state index is 13.1. The summed E-state index contributed by atoms with van der Waals surface area (Å²) >= 11 is 1.62. The number of thiophene rings is 1. The average Bonchev–Trinajstić information content (AvgIpc) is 3.36. The summed E-state index contributed by atoms with van der Waals surface area (Å²) in [5.41, 5.74) is 1.91. The lowest BCUT2D eigenvalue weighted by atomic mass is 9.84. The first kappa shape index (κ1) is 19.6. The molecule has 1 saturated carbocycles. The summed E-state index contributed by atoms with van der Waals surface area (Å²) in [6, 6.07) is 11.6. The van der Waals surface area contributed by atoms with Gasteiger partial charge >= 0.3 is 0 Å². The highest BCUT2D eigenvalue weighted by molar-refractivity contribution is 7.12. The van der Waals surface area contributed by atoms with E-state index in [1.54, 1.807) is 35.4 Å². The first-order chi connectivity index (χ1) is 14.1. The summed E-state index contributed by atoms with van der Waals surface area (Å²) in [6.07, 6.45) is 3.60. The number of amides is 2. The Morgan fingerprint density at radius 2 is 2.00 bits per heavy atom. The SMILES string of the molecule is COc1ccc([C@H]2CC(c3cccs3)=NN2C(=O)CN(C)C(=O)C2CCC2)cc1. The lowest BCUT2D eigenvalue weighted by molar-refractivity contribution is -0.144. The Morgan fingerprint density at radius 3 is 2.59 bits per heavy atom. The molecule has 1 fully saturated rings. The molecule has 29 heavy (non-hydrogen) atoms. The second-order valence-corrected chi connectivity index (χ2v) is 8.53. The molecule has 6 nitrogen and oxygen atoms in total. The molecule has 1 aliphatic carbocycles. The summed E-state index contributed by atoms with van der Waals surface area (Å²) in [7, 11) is 3.34. The molecule has 1 aromatic carbocycles. The molecule has 0 bridgehead atoms. The van der Waals surface area contributed by atoms with Gasteiger partial charge in [-0.15, -0.1) is 11.3 Å². The Kier molecular flexibility index (Phi) is 5.67. The van der Waals surface area contributed by atoms with E-state index >= 15 is 0 Å². The van der Waals surface area contributed by atoms with Gasteiger partial charge in [0.25, 0.3) is 5.91 Å². The summed E-state index contributed by atoms with van der Waals surface area (Å²) in [5.74, 6) is 0.753. The number of ether oxygens (including phenoxy) is 1. The molecule has 1 aromatic heterocycles. The van der Waals surface area contributed by atoms with Gasteiger partial charge in [0.2, 0.25) is 5.91 Å². The highest BCUT2D eigenvalue weighted by Crippen LogP contribution is 2.35. The number of hydrazone groups is 1. The summed E-state index contributed by atoms with van der Waals surface area (Å²) in [4.78, 5) is 28.2. The predicted octanol–water partition coefficient (Wildman–Crippen LogP) is 3.69. The molecule has 2 aromatic rings. The van der Waals surface area contributed by atoms with Crippen molar-refractivity contribution in [3.8, 4) is 5.75 Å². The van der Waals surface area contributed by atoms with E-state index < -0.39 is 0 Å². The molecule has 7 heteroatoms. The molecule has 4 rings (SSSR count). The molecule has 2 heterocycles. The third kappa shape index (κ3) is 4.05. The number of rotatable bonds is 6. The Balaban J connectivity index is 1.55. The Labute approximate surface area is 174 Å². The second kappa shape index (κ2) is 8.37. The van der Waals surface area contributed by atoms with Crippen LogP contribution in [0.1, 0.15) is 42.2 Å². The van der Waals surface area contributed by atoms with E-state index in [0.717, 1.165) is 41.2 Å². The number of hydrogen-bond donors (Lipinski definition) is 0. The van der Waals surface area contributed by atoms with Crippen LogP contribution in [0.3, 0.4) is 0 Å². The fourth-order valence-corrected chi connectivity index (χ4v) is 4.46. The minimum atomic E-state index is -0.183. The predicted molar refractivity (Wildman–Crippen MR) is 113 cm³/mol. The highest BCUT2D eigenvalue weighted by Gasteiger charge is 2.35. The first-order valence-electron chi connectivity index (χ1n) is 9.89. The van der Waals surface area contributed by atoms with Crippen molar-refractivity contribution in [1.82, 2.24) is 9.91 Å². The fourth-order valence-electron chi connectivity index (χ4n) is 3.74. The van der Waals surface area contributed by atoms with Crippen LogP contribution in [-0.2, 0) is 9.59 Å². The third-order valence-corrected chi connectivity index (χ3v) is 6.59. The monoisotopic (exact) mass is 411 g/mol. The van der Waals surface area contributed by atoms with Crippen molar-refractivity contribution in [3.63, 3.8) is 0 Å². The molecule has 0 radical (unpaired) electrons. The van der Waals surface area contributed by atoms with Gasteiger partial charge in [0.1, 0.15) is 12.3 Å². The van der Waals surface area contributed by atoms with E-state index in [-0.39, 0.29) is 30.3 Å². The van der Waals surface area contributed by atoms with Gasteiger partial charge in [0.05, 0.1) is 23.7 Å². The number of benzene rings is 1. The smallest absolute Gasteiger partial charge is 0.262 e. The van der Waals surface area contributed by atoms with E-state index in [9.17, 15) is 9.59 Å². The van der Waals surface area contributed by atoms with E-state index in [4.69, 9.17) is 4.74 Å². The molecule has 0 N–H and O–H groups in total. The molecule has 1 atom stereocenters. The molecule has 0 spiro atoms. The summed E-state index contributed by atoms with van der Waals surface area (Å²) in [5, 5.41) is 8.23. The minimum absolute atomic E-state index is 0.0448. The van der Waals surface area contributed by atoms with E-state index in [2.05, 4.69) is 5.10 Å². The van der Waals surface area contributed by atoms with Crippen molar-refractivity contribution >= 4 is 28.9 Å². The van der Waals surface area contributed by atoms with Gasteiger partial charge in [-0.2, -0.15) is 5.10 Å². The number of methoxy groups -OCH3 is 1. The normalized spacial score (nSPS) is 18.9. The molecule has 2 amide bonds. The van der Waals surface area contributed by atoms with Crippen LogP contribution in [0.4, 0.5) is 0 Å². The number of carbonyl (C=O) groups is 2. The Morgan fingerprint density at radius 1 is 1.24 bits per heavy atom. The van der Waals surface area contributed by atoms with Crippen LogP contribution in [0.2, 0.25) is 0 Å². The number of hydrogen-bond acceptors (Lipinski definition) is 5. The molecule has 2 aliphatic rings. The molecule has 0 saturated heterocycles. The zero-order valence-corrected chi connectivity index (χ0v) is 17.5. The van der Waals surface area contributed by atoms with Crippen molar-refractivity contribution in [3.05, 3.63) is 52.2 Å². The van der Waals surface area contributed by atoms with Crippen molar-refractivity contribution in [2.45, 2.75) is 31.7 Å². The number of nitrogens with zero attached hydrogens (tertiary/aromatic N) is 3. The van der Waals surface area contributed by atoms with Crippen LogP contribution < -0.4 is 4.74 Å². The van der Waals surface area contributed by atoms with Gasteiger partial charge in [-0.3, -0.25) is 9.59 Å². The van der Waals surface area contributed by atoms with Crippen LogP contribution in [0.15, 0.2) is 46.9 Å². The second-order valence-electron chi connectivity index (χ2n) is 7.58. The van der Waals surface area contributed by atoms with E-state index in [1.165, 1.54) is 0 Å². The molecular formula is C22H25N3O3S. The van der Waals surface area contributed by atoms with E-state index in [0.29, 0.717) is 6.42 Å². The lowest BCUT2D eigenvalue weighted by Gasteiger charge is -2.30. The number of carbonyl (C=O) groups excluding carboxylic acids is 2. The standard InChI is InChI=1S/C22H25N3O3S/c1-24(22(27)16-5-3-6-16)14-21(26)25-19(15-8-10-17(28-2)11-9-15)13-18(23-25)20-7-4-12-29-20/h4,7-12,16,19H,3,5-6,13-14H2,1-2H3/t19-/m1/s1. The molecular weight excluding hydrogens is 386 g/mol. The van der Waals surface area contributed by atoms with Gasteiger partial charge in [-0.05, 0) is 42.0 Å². The largest absolute Gasteiger partial charge is 0.497 e. The van der Waals surface area contributed by atoms with Crippen LogP contribution in [0.25, 0.3) is 0 Å². The molecule has 152 valence electrons. The van der Waals surface area contributed by atoms with Crippen molar-refractivity contribution in [2.75, 3.05) is 20.7 Å². The molecule has 0 unspecified atom stereocenters. The quantitative estimate of drug-likeness (QED) is 0.728. The zero-order chi connectivity index (χ0) is 20.4. The van der Waals surface area contributed by atoms with Gasteiger partial charge in [-0.1, -0.05) is 24.6 Å². The summed E-state index contributed by atoms with van der Waals surface area (Å²) in [6.45, 7) is 0.0448. The van der Waals surface area contributed by atoms with Gasteiger partial charge in [0.15, 0.2) is 0 Å². The topological polar surface area (TPSA) is 62.2 Å². The van der Waals surface area contributed by atoms with Crippen LogP contribution in [0.5, 0.6) is 5.75 Å².